The van der Waals surface area contributed by atoms with Crippen molar-refractivity contribution in [2.75, 3.05) is 13.1 Å². The van der Waals surface area contributed by atoms with Crippen molar-refractivity contribution in [2.45, 2.75) is 26.4 Å². The van der Waals surface area contributed by atoms with E-state index in [0.717, 1.165) is 42.3 Å². The smallest absolute Gasteiger partial charge is 0.227 e. The van der Waals surface area contributed by atoms with Crippen LogP contribution in [-0.2, 0) is 17.9 Å². The van der Waals surface area contributed by atoms with Gasteiger partial charge in [-0.25, -0.2) is 4.98 Å². The maximum absolute atomic E-state index is 12.8. The van der Waals surface area contributed by atoms with Crippen molar-refractivity contribution in [3.63, 3.8) is 0 Å². The van der Waals surface area contributed by atoms with Crippen LogP contribution in [0, 0.1) is 5.41 Å². The van der Waals surface area contributed by atoms with Crippen LogP contribution in [0.4, 0.5) is 0 Å². The number of nitrogens with one attached hydrogen (secondary N) is 1. The minimum absolute atomic E-state index is 0.106. The summed E-state index contributed by atoms with van der Waals surface area (Å²) in [7, 11) is 0. The van der Waals surface area contributed by atoms with Crippen LogP contribution < -0.4 is 5.32 Å². The van der Waals surface area contributed by atoms with Gasteiger partial charge >= 0.3 is 0 Å². The molecule has 3 heterocycles. The van der Waals surface area contributed by atoms with Gasteiger partial charge in [-0.3, -0.25) is 14.7 Å². The SMILES string of the molecule is CC1(C(=O)NCc2ccccn2)CCN(Cc2cnc(-c3ccccc3)s2)C1. The molecule has 0 radical (unpaired) electrons. The van der Waals surface area contributed by atoms with E-state index < -0.39 is 0 Å². The number of hydrogen-bond donors (Lipinski definition) is 1. The van der Waals surface area contributed by atoms with E-state index in [1.807, 2.05) is 42.6 Å². The zero-order chi connectivity index (χ0) is 19.4. The van der Waals surface area contributed by atoms with Crippen LogP contribution in [0.5, 0.6) is 0 Å². The van der Waals surface area contributed by atoms with Crippen LogP contribution in [0.25, 0.3) is 10.6 Å². The second-order valence-electron chi connectivity index (χ2n) is 7.52. The Balaban J connectivity index is 1.33. The summed E-state index contributed by atoms with van der Waals surface area (Å²) in [5, 5.41) is 4.10. The van der Waals surface area contributed by atoms with E-state index in [2.05, 4.69) is 39.2 Å². The lowest BCUT2D eigenvalue weighted by molar-refractivity contribution is -0.129. The fourth-order valence-electron chi connectivity index (χ4n) is 3.58. The Hall–Kier alpha value is -2.57. The molecule has 3 aromatic rings. The standard InChI is InChI=1S/C22H24N4OS/c1-22(21(27)25-13-18-9-5-6-11-23-18)10-12-26(16-22)15-19-14-24-20(28-19)17-7-3-2-4-8-17/h2-9,11,14H,10,12-13,15-16H2,1H3,(H,25,27). The van der Waals surface area contributed by atoms with Gasteiger partial charge in [0.2, 0.25) is 5.91 Å². The minimum Gasteiger partial charge on any atom is -0.350 e. The minimum atomic E-state index is -0.359. The molecule has 4 rings (SSSR count). The van der Waals surface area contributed by atoms with Gasteiger partial charge in [0.05, 0.1) is 17.7 Å². The molecular weight excluding hydrogens is 368 g/mol. The topological polar surface area (TPSA) is 58.1 Å². The molecule has 1 amide bonds. The van der Waals surface area contributed by atoms with Crippen molar-refractivity contribution >= 4 is 17.2 Å². The van der Waals surface area contributed by atoms with E-state index >= 15 is 0 Å². The molecule has 28 heavy (non-hydrogen) atoms. The number of aromatic nitrogens is 2. The molecule has 5 nitrogen and oxygen atoms in total. The Bertz CT molecular complexity index is 928. The normalized spacial score (nSPS) is 19.6. The number of pyridine rings is 1. The highest BCUT2D eigenvalue weighted by Crippen LogP contribution is 2.33. The molecule has 0 aliphatic carbocycles. The average molecular weight is 393 g/mol. The van der Waals surface area contributed by atoms with Gasteiger partial charge in [0.15, 0.2) is 0 Å². The molecule has 1 unspecified atom stereocenters. The van der Waals surface area contributed by atoms with Gasteiger partial charge in [-0.2, -0.15) is 0 Å². The molecule has 1 fully saturated rings. The van der Waals surface area contributed by atoms with Gasteiger partial charge in [0.25, 0.3) is 0 Å². The van der Waals surface area contributed by atoms with E-state index in [4.69, 9.17) is 0 Å². The molecular formula is C22H24N4OS. The summed E-state index contributed by atoms with van der Waals surface area (Å²) in [5.41, 5.74) is 1.67. The number of benzene rings is 1. The van der Waals surface area contributed by atoms with E-state index in [0.29, 0.717) is 6.54 Å². The predicted octanol–water partition coefficient (Wildman–Crippen LogP) is 3.73. The summed E-state index contributed by atoms with van der Waals surface area (Å²) in [4.78, 5) is 25.2. The van der Waals surface area contributed by atoms with Gasteiger partial charge in [-0.15, -0.1) is 11.3 Å². The number of likely N-dealkylation sites (tertiary alicyclic amines) is 1. The third kappa shape index (κ3) is 4.29. The van der Waals surface area contributed by atoms with Gasteiger partial charge in [0, 0.05) is 35.9 Å². The maximum atomic E-state index is 12.8. The van der Waals surface area contributed by atoms with E-state index in [-0.39, 0.29) is 11.3 Å². The first-order valence-electron chi connectivity index (χ1n) is 9.53. The Labute approximate surface area is 169 Å². The molecule has 1 aliphatic rings. The van der Waals surface area contributed by atoms with Crippen LogP contribution in [0.1, 0.15) is 23.9 Å². The van der Waals surface area contributed by atoms with Gasteiger partial charge in [-0.05, 0) is 32.0 Å². The third-order valence-corrected chi connectivity index (χ3v) is 6.24. The molecule has 0 spiro atoms. The first-order valence-corrected chi connectivity index (χ1v) is 10.3. The van der Waals surface area contributed by atoms with E-state index in [1.165, 1.54) is 4.88 Å². The Kier molecular flexibility index (Phi) is 5.50. The van der Waals surface area contributed by atoms with Crippen LogP contribution >= 0.6 is 11.3 Å². The first kappa shape index (κ1) is 18.8. The number of rotatable bonds is 6. The molecule has 0 bridgehead atoms. The van der Waals surface area contributed by atoms with Crippen molar-refractivity contribution in [3.05, 3.63) is 71.5 Å². The Morgan fingerprint density at radius 1 is 1.18 bits per heavy atom. The fourth-order valence-corrected chi connectivity index (χ4v) is 4.54. The molecule has 1 aliphatic heterocycles. The van der Waals surface area contributed by atoms with Crippen molar-refractivity contribution in [3.8, 4) is 10.6 Å². The Morgan fingerprint density at radius 2 is 2.00 bits per heavy atom. The number of thiazole rings is 1. The zero-order valence-electron chi connectivity index (χ0n) is 16.0. The van der Waals surface area contributed by atoms with Gasteiger partial charge in [0.1, 0.15) is 5.01 Å². The lowest BCUT2D eigenvalue weighted by Crippen LogP contribution is -2.40. The van der Waals surface area contributed by atoms with E-state index in [9.17, 15) is 4.79 Å². The molecule has 1 N–H and O–H groups in total. The number of hydrogen-bond acceptors (Lipinski definition) is 5. The van der Waals surface area contributed by atoms with Crippen LogP contribution in [-0.4, -0.2) is 33.9 Å². The van der Waals surface area contributed by atoms with Gasteiger partial charge in [-0.1, -0.05) is 36.4 Å². The number of carbonyl (C=O) groups is 1. The maximum Gasteiger partial charge on any atom is 0.227 e. The number of carbonyl (C=O) groups excluding carboxylic acids is 1. The van der Waals surface area contributed by atoms with Crippen molar-refractivity contribution in [1.82, 2.24) is 20.2 Å². The lowest BCUT2D eigenvalue weighted by Gasteiger charge is -2.23. The summed E-state index contributed by atoms with van der Waals surface area (Å²) < 4.78 is 0. The number of nitrogens with zero attached hydrogens (tertiary/aromatic N) is 3. The highest BCUT2D eigenvalue weighted by molar-refractivity contribution is 7.15. The first-order chi connectivity index (χ1) is 13.6. The fraction of sp³-hybridized carbons (Fsp3) is 0.318. The molecule has 1 saturated heterocycles. The molecule has 144 valence electrons. The summed E-state index contributed by atoms with van der Waals surface area (Å²) in [6.07, 6.45) is 4.58. The van der Waals surface area contributed by atoms with Crippen molar-refractivity contribution in [2.24, 2.45) is 5.41 Å². The summed E-state index contributed by atoms with van der Waals surface area (Å²) in [5.74, 6) is 0.106. The highest BCUT2D eigenvalue weighted by atomic mass is 32.1. The van der Waals surface area contributed by atoms with Crippen LogP contribution in [0.2, 0.25) is 0 Å². The quantitative estimate of drug-likeness (QED) is 0.694. The van der Waals surface area contributed by atoms with Crippen molar-refractivity contribution in [1.29, 1.82) is 0 Å². The Morgan fingerprint density at radius 3 is 2.79 bits per heavy atom. The van der Waals surface area contributed by atoms with E-state index in [1.54, 1.807) is 17.5 Å². The average Bonchev–Trinajstić information content (AvgIpc) is 3.35. The van der Waals surface area contributed by atoms with Crippen molar-refractivity contribution < 1.29 is 4.79 Å². The second kappa shape index (κ2) is 8.20. The molecule has 1 aromatic carbocycles. The lowest BCUT2D eigenvalue weighted by atomic mass is 9.88. The predicted molar refractivity (Wildman–Crippen MR) is 112 cm³/mol. The zero-order valence-corrected chi connectivity index (χ0v) is 16.8. The summed E-state index contributed by atoms with van der Waals surface area (Å²) in [6.45, 7) is 5.06. The van der Waals surface area contributed by atoms with Crippen LogP contribution in [0.15, 0.2) is 60.9 Å². The highest BCUT2D eigenvalue weighted by Gasteiger charge is 2.40. The van der Waals surface area contributed by atoms with Crippen LogP contribution in [0.3, 0.4) is 0 Å². The molecule has 2 aromatic heterocycles. The summed E-state index contributed by atoms with van der Waals surface area (Å²) >= 11 is 1.73. The monoisotopic (exact) mass is 392 g/mol. The second-order valence-corrected chi connectivity index (χ2v) is 8.64. The molecule has 0 saturated carbocycles. The largest absolute Gasteiger partial charge is 0.350 e. The molecule has 1 atom stereocenters. The third-order valence-electron chi connectivity index (χ3n) is 5.21. The molecule has 6 heteroatoms. The van der Waals surface area contributed by atoms with Gasteiger partial charge < -0.3 is 5.32 Å². The number of amides is 1. The summed E-state index contributed by atoms with van der Waals surface area (Å²) in [6, 6.07) is 16.0.